The maximum atomic E-state index is 13.0. The molecule has 0 saturated heterocycles. The van der Waals surface area contributed by atoms with Gasteiger partial charge >= 0.3 is 0 Å². The van der Waals surface area contributed by atoms with Crippen LogP contribution >= 0.6 is 12.2 Å². The second-order valence-electron chi connectivity index (χ2n) is 5.74. The Hall–Kier alpha value is -2.12. The fraction of sp³-hybridized carbons (Fsp3) is 0.312. The van der Waals surface area contributed by atoms with Gasteiger partial charge in [0.25, 0.3) is 5.78 Å². The number of hydrogen-bond acceptors (Lipinski definition) is 4. The lowest BCUT2D eigenvalue weighted by Crippen LogP contribution is -2.22. The largest absolute Gasteiger partial charge is 0.283 e. The van der Waals surface area contributed by atoms with Gasteiger partial charge in [0.1, 0.15) is 5.82 Å². The fourth-order valence-electron chi connectivity index (χ4n) is 2.61. The summed E-state index contributed by atoms with van der Waals surface area (Å²) in [5.74, 6) is 0.388. The quantitative estimate of drug-likeness (QED) is 0.689. The number of benzene rings is 1. The van der Waals surface area contributed by atoms with Gasteiger partial charge in [0, 0.05) is 17.9 Å². The predicted octanol–water partition coefficient (Wildman–Crippen LogP) is 3.11. The van der Waals surface area contributed by atoms with E-state index < -0.39 is 0 Å². The van der Waals surface area contributed by atoms with E-state index in [0.717, 1.165) is 17.0 Å². The van der Waals surface area contributed by atoms with Gasteiger partial charge in [-0.2, -0.15) is 0 Å². The zero-order chi connectivity index (χ0) is 16.6. The zero-order valence-electron chi connectivity index (χ0n) is 13.3. The first-order valence-electron chi connectivity index (χ1n) is 7.31. The number of hydrogen-bond donors (Lipinski definition) is 0. The van der Waals surface area contributed by atoms with Crippen molar-refractivity contribution in [3.8, 4) is 0 Å². The van der Waals surface area contributed by atoms with Gasteiger partial charge in [0.15, 0.2) is 0 Å². The summed E-state index contributed by atoms with van der Waals surface area (Å²) in [5, 5.41) is 4.49. The average Bonchev–Trinajstić information content (AvgIpc) is 2.77. The van der Waals surface area contributed by atoms with Crippen molar-refractivity contribution in [2.45, 2.75) is 27.1 Å². The van der Waals surface area contributed by atoms with Gasteiger partial charge in [-0.1, -0.05) is 12.1 Å². The summed E-state index contributed by atoms with van der Waals surface area (Å²) in [5.41, 5.74) is 2.97. The van der Waals surface area contributed by atoms with Gasteiger partial charge < -0.3 is 0 Å². The number of fused-ring (bicyclic) bond motifs is 1. The minimum absolute atomic E-state index is 0.226. The van der Waals surface area contributed by atoms with Crippen LogP contribution in [0.2, 0.25) is 0 Å². The zero-order valence-corrected chi connectivity index (χ0v) is 14.1. The molecule has 5 nitrogen and oxygen atoms in total. The first kappa shape index (κ1) is 15.8. The highest BCUT2D eigenvalue weighted by molar-refractivity contribution is 7.71. The summed E-state index contributed by atoms with van der Waals surface area (Å²) in [6.07, 6.45) is 0. The van der Waals surface area contributed by atoms with Crippen LogP contribution in [0.1, 0.15) is 17.0 Å². The Bertz CT molecular complexity index is 897. The maximum absolute atomic E-state index is 13.0. The molecule has 0 unspecified atom stereocenters. The molecule has 2 aromatic heterocycles. The lowest BCUT2D eigenvalue weighted by Gasteiger charge is -2.16. The van der Waals surface area contributed by atoms with Gasteiger partial charge in [0.2, 0.25) is 4.77 Å². The molecule has 0 amide bonds. The third-order valence-electron chi connectivity index (χ3n) is 3.61. The fourth-order valence-corrected chi connectivity index (χ4v) is 2.93. The smallest absolute Gasteiger partial charge is 0.254 e. The summed E-state index contributed by atoms with van der Waals surface area (Å²) in [4.78, 5) is 6.49. The molecule has 0 aliphatic rings. The second kappa shape index (κ2) is 6.17. The Balaban J connectivity index is 1.83. The maximum Gasteiger partial charge on any atom is 0.254 e. The Morgan fingerprint density at radius 1 is 1.22 bits per heavy atom. The molecule has 0 fully saturated rings. The van der Waals surface area contributed by atoms with E-state index >= 15 is 0 Å². The normalized spacial score (nSPS) is 11.5. The molecule has 3 rings (SSSR count). The minimum atomic E-state index is -0.226. The third-order valence-corrected chi connectivity index (χ3v) is 4.00. The SMILES string of the molecule is Cc1cc(C)n2c(=S)n(CN(C)Cc3ccc(F)cc3)nc2n1. The molecule has 0 radical (unpaired) electrons. The van der Waals surface area contributed by atoms with Crippen LogP contribution in [-0.2, 0) is 13.2 Å². The number of nitrogens with zero attached hydrogens (tertiary/aromatic N) is 5. The van der Waals surface area contributed by atoms with Crippen LogP contribution in [0.15, 0.2) is 30.3 Å². The Morgan fingerprint density at radius 3 is 2.61 bits per heavy atom. The molecule has 3 aromatic rings. The minimum Gasteiger partial charge on any atom is -0.283 e. The first-order chi connectivity index (χ1) is 10.9. The summed E-state index contributed by atoms with van der Waals surface area (Å²) in [6.45, 7) is 5.15. The van der Waals surface area contributed by atoms with Crippen LogP contribution in [0, 0.1) is 24.4 Å². The molecule has 7 heteroatoms. The number of rotatable bonds is 4. The van der Waals surface area contributed by atoms with E-state index in [0.29, 0.717) is 23.8 Å². The van der Waals surface area contributed by atoms with Crippen molar-refractivity contribution < 1.29 is 4.39 Å². The Labute approximate surface area is 139 Å². The van der Waals surface area contributed by atoms with E-state index in [4.69, 9.17) is 12.2 Å². The van der Waals surface area contributed by atoms with Crippen molar-refractivity contribution in [3.63, 3.8) is 0 Å². The summed E-state index contributed by atoms with van der Waals surface area (Å²) in [7, 11) is 1.97. The molecular weight excluding hydrogens is 313 g/mol. The van der Waals surface area contributed by atoms with E-state index in [-0.39, 0.29) is 5.82 Å². The second-order valence-corrected chi connectivity index (χ2v) is 6.10. The van der Waals surface area contributed by atoms with Crippen LogP contribution in [0.5, 0.6) is 0 Å². The van der Waals surface area contributed by atoms with Gasteiger partial charge in [-0.25, -0.2) is 14.1 Å². The van der Waals surface area contributed by atoms with Crippen molar-refractivity contribution in [1.29, 1.82) is 0 Å². The van der Waals surface area contributed by atoms with Crippen LogP contribution < -0.4 is 0 Å². The van der Waals surface area contributed by atoms with Crippen LogP contribution in [0.3, 0.4) is 0 Å². The summed E-state index contributed by atoms with van der Waals surface area (Å²) < 4.78 is 17.2. The number of aromatic nitrogens is 4. The van der Waals surface area contributed by atoms with Gasteiger partial charge in [-0.15, -0.1) is 5.10 Å². The predicted molar refractivity (Wildman–Crippen MR) is 89.2 cm³/mol. The van der Waals surface area contributed by atoms with Crippen molar-refractivity contribution in [2.75, 3.05) is 7.05 Å². The van der Waals surface area contributed by atoms with Crippen LogP contribution in [-0.4, -0.2) is 31.1 Å². The highest BCUT2D eigenvalue weighted by Crippen LogP contribution is 2.10. The molecular formula is C16H18FN5S. The van der Waals surface area contributed by atoms with E-state index in [1.54, 1.807) is 16.8 Å². The van der Waals surface area contributed by atoms with E-state index in [9.17, 15) is 4.39 Å². The third kappa shape index (κ3) is 3.30. The lowest BCUT2D eigenvalue weighted by atomic mass is 10.2. The molecule has 120 valence electrons. The Morgan fingerprint density at radius 2 is 1.91 bits per heavy atom. The van der Waals surface area contributed by atoms with Gasteiger partial charge in [-0.3, -0.25) is 9.30 Å². The number of halogens is 1. The lowest BCUT2D eigenvalue weighted by molar-refractivity contribution is 0.244. The monoisotopic (exact) mass is 331 g/mol. The van der Waals surface area contributed by atoms with Crippen molar-refractivity contribution in [2.24, 2.45) is 0 Å². The van der Waals surface area contributed by atoms with Gasteiger partial charge in [0.05, 0.1) is 6.67 Å². The van der Waals surface area contributed by atoms with Crippen LogP contribution in [0.4, 0.5) is 4.39 Å². The molecule has 0 spiro atoms. The summed E-state index contributed by atoms with van der Waals surface area (Å²) >= 11 is 5.51. The standard InChI is InChI=1S/C16H18FN5S/c1-11-8-12(2)22-15(18-11)19-21(16(22)23)10-20(3)9-13-4-6-14(17)7-5-13/h4-8H,9-10H2,1-3H3. The van der Waals surface area contributed by atoms with E-state index in [1.165, 1.54) is 12.1 Å². The molecule has 0 saturated carbocycles. The first-order valence-corrected chi connectivity index (χ1v) is 7.71. The highest BCUT2D eigenvalue weighted by atomic mass is 32.1. The molecule has 0 aliphatic carbocycles. The van der Waals surface area contributed by atoms with Crippen molar-refractivity contribution in [1.82, 2.24) is 24.1 Å². The Kier molecular flexibility index (Phi) is 4.23. The van der Waals surface area contributed by atoms with Crippen molar-refractivity contribution >= 4 is 18.0 Å². The molecule has 0 aliphatic heterocycles. The molecule has 0 atom stereocenters. The highest BCUT2D eigenvalue weighted by Gasteiger charge is 2.10. The molecule has 0 bridgehead atoms. The topological polar surface area (TPSA) is 38.4 Å². The van der Waals surface area contributed by atoms with Gasteiger partial charge in [-0.05, 0) is 56.9 Å². The van der Waals surface area contributed by atoms with Crippen LogP contribution in [0.25, 0.3) is 5.78 Å². The molecule has 1 aromatic carbocycles. The van der Waals surface area contributed by atoms with Crippen molar-refractivity contribution in [3.05, 3.63) is 57.9 Å². The average molecular weight is 331 g/mol. The van der Waals surface area contributed by atoms with E-state index in [2.05, 4.69) is 15.0 Å². The molecule has 23 heavy (non-hydrogen) atoms. The molecule has 2 heterocycles. The van der Waals surface area contributed by atoms with E-state index in [1.807, 2.05) is 31.4 Å². The molecule has 0 N–H and O–H groups in total. The number of aryl methyl sites for hydroxylation is 2. The summed E-state index contributed by atoms with van der Waals surface area (Å²) in [6, 6.07) is 8.48.